The van der Waals surface area contributed by atoms with E-state index in [9.17, 15) is 13.2 Å². The molecular formula is C7H5BrFO3S-. The minimum Gasteiger partial charge on any atom is -0.750 e. The monoisotopic (exact) mass is 267 g/mol. The maximum atomic E-state index is 13.1. The molecule has 0 saturated carbocycles. The van der Waals surface area contributed by atoms with Crippen LogP contribution in [-0.4, -0.2) is 8.76 Å². The van der Waals surface area contributed by atoms with Crippen molar-refractivity contribution in [3.63, 3.8) is 0 Å². The highest BCUT2D eigenvalue weighted by Gasteiger charge is 2.05. The first-order chi connectivity index (χ1) is 6.11. The van der Waals surface area contributed by atoms with E-state index in [1.165, 1.54) is 12.1 Å². The third-order valence-electron chi connectivity index (χ3n) is 1.34. The first-order valence-electron chi connectivity index (χ1n) is 3.26. The van der Waals surface area contributed by atoms with Gasteiger partial charge in [0, 0.05) is 5.56 Å². The largest absolute Gasteiger partial charge is 0.750 e. The summed E-state index contributed by atoms with van der Waals surface area (Å²) < 4.78 is 37.7. The number of hydrogen-bond acceptors (Lipinski definition) is 3. The fourth-order valence-electron chi connectivity index (χ4n) is 0.772. The summed E-state index contributed by atoms with van der Waals surface area (Å²) in [7, 11) is 0. The summed E-state index contributed by atoms with van der Waals surface area (Å²) in [6, 6.07) is 4.57. The van der Waals surface area contributed by atoms with Crippen molar-refractivity contribution in [1.82, 2.24) is 0 Å². The van der Waals surface area contributed by atoms with Gasteiger partial charge in [-0.15, -0.1) is 0 Å². The summed E-state index contributed by atoms with van der Waals surface area (Å²) in [6.07, 6.45) is 0. The highest BCUT2D eigenvalue weighted by Crippen LogP contribution is 2.19. The maximum Gasteiger partial charge on any atom is 0.142 e. The molecule has 1 atom stereocenters. The highest BCUT2D eigenvalue weighted by molar-refractivity contribution is 9.10. The van der Waals surface area contributed by atoms with Gasteiger partial charge in [-0.1, -0.05) is 12.1 Å². The zero-order chi connectivity index (χ0) is 9.84. The molecule has 1 aromatic rings. The van der Waals surface area contributed by atoms with Crippen molar-refractivity contribution >= 4 is 27.3 Å². The van der Waals surface area contributed by atoms with Crippen LogP contribution in [0.4, 0.5) is 4.39 Å². The summed E-state index contributed by atoms with van der Waals surface area (Å²) in [4.78, 5) is 0. The van der Waals surface area contributed by atoms with Crippen molar-refractivity contribution in [2.75, 3.05) is 0 Å². The predicted octanol–water partition coefficient (Wildman–Crippen LogP) is 1.90. The standard InChI is InChI=1S/C7H6BrFO3S/c8-6-3-1-2-5(7(6)9)4-12-13(10)11/h1-3H,4H2,(H,10,11)/p-1. The Morgan fingerprint density at radius 2 is 2.31 bits per heavy atom. The number of halogens is 2. The van der Waals surface area contributed by atoms with Gasteiger partial charge in [0.1, 0.15) is 5.82 Å². The molecule has 1 rings (SSSR count). The Hall–Kier alpha value is -0.300. The normalized spacial score (nSPS) is 12.8. The molecule has 72 valence electrons. The van der Waals surface area contributed by atoms with Crippen LogP contribution in [0.3, 0.4) is 0 Å². The third-order valence-corrected chi connectivity index (χ3v) is 2.26. The fraction of sp³-hybridized carbons (Fsp3) is 0.143. The lowest BCUT2D eigenvalue weighted by Crippen LogP contribution is -1.98. The van der Waals surface area contributed by atoms with Crippen molar-refractivity contribution in [3.8, 4) is 0 Å². The van der Waals surface area contributed by atoms with Gasteiger partial charge in [-0.3, -0.25) is 4.18 Å². The van der Waals surface area contributed by atoms with E-state index in [1.807, 2.05) is 0 Å². The Morgan fingerprint density at radius 3 is 2.92 bits per heavy atom. The predicted molar refractivity (Wildman–Crippen MR) is 47.8 cm³/mol. The summed E-state index contributed by atoms with van der Waals surface area (Å²) in [5.41, 5.74) is 0.193. The van der Waals surface area contributed by atoms with Crippen molar-refractivity contribution in [2.45, 2.75) is 6.61 Å². The van der Waals surface area contributed by atoms with Crippen LogP contribution in [0.1, 0.15) is 5.56 Å². The van der Waals surface area contributed by atoms with E-state index in [1.54, 1.807) is 6.07 Å². The van der Waals surface area contributed by atoms with Gasteiger partial charge in [0.15, 0.2) is 0 Å². The van der Waals surface area contributed by atoms with Crippen LogP contribution in [-0.2, 0) is 22.2 Å². The van der Waals surface area contributed by atoms with Gasteiger partial charge in [0.25, 0.3) is 0 Å². The zero-order valence-corrected chi connectivity index (χ0v) is 8.73. The maximum absolute atomic E-state index is 13.1. The molecular weight excluding hydrogens is 263 g/mol. The number of rotatable bonds is 3. The average Bonchev–Trinajstić information content (AvgIpc) is 2.07. The summed E-state index contributed by atoms with van der Waals surface area (Å²) >= 11 is 0.356. The van der Waals surface area contributed by atoms with Crippen LogP contribution in [0.25, 0.3) is 0 Å². The fourth-order valence-corrected chi connectivity index (χ4v) is 1.40. The molecule has 13 heavy (non-hydrogen) atoms. The highest BCUT2D eigenvalue weighted by atomic mass is 79.9. The quantitative estimate of drug-likeness (QED) is 0.786. The van der Waals surface area contributed by atoms with Gasteiger partial charge in [-0.05, 0) is 22.0 Å². The van der Waals surface area contributed by atoms with Crippen LogP contribution in [0, 0.1) is 5.82 Å². The number of benzene rings is 1. The molecule has 0 aliphatic carbocycles. The van der Waals surface area contributed by atoms with Gasteiger partial charge >= 0.3 is 0 Å². The lowest BCUT2D eigenvalue weighted by molar-refractivity contribution is 0.286. The molecule has 1 aromatic carbocycles. The lowest BCUT2D eigenvalue weighted by Gasteiger charge is -2.06. The molecule has 0 heterocycles. The molecule has 0 spiro atoms. The molecule has 6 heteroatoms. The molecule has 0 bridgehead atoms. The van der Waals surface area contributed by atoms with Crippen molar-refractivity contribution in [3.05, 3.63) is 34.1 Å². The van der Waals surface area contributed by atoms with E-state index in [4.69, 9.17) is 0 Å². The molecule has 0 aromatic heterocycles. The molecule has 0 amide bonds. The molecule has 0 N–H and O–H groups in total. The van der Waals surface area contributed by atoms with Crippen LogP contribution in [0.15, 0.2) is 22.7 Å². The van der Waals surface area contributed by atoms with Gasteiger partial charge < -0.3 is 4.55 Å². The van der Waals surface area contributed by atoms with E-state index in [2.05, 4.69) is 20.1 Å². The van der Waals surface area contributed by atoms with E-state index in [0.717, 1.165) is 0 Å². The lowest BCUT2D eigenvalue weighted by atomic mass is 10.2. The molecule has 0 fully saturated rings. The summed E-state index contributed by atoms with van der Waals surface area (Å²) in [6.45, 7) is -0.290. The van der Waals surface area contributed by atoms with Crippen molar-refractivity contribution in [2.24, 2.45) is 0 Å². The second-order valence-corrected chi connectivity index (χ2v) is 3.68. The Kier molecular flexibility index (Phi) is 3.98. The van der Waals surface area contributed by atoms with E-state index < -0.39 is 17.2 Å². The van der Waals surface area contributed by atoms with E-state index >= 15 is 0 Å². The molecule has 0 aliphatic heterocycles. The van der Waals surface area contributed by atoms with Crippen LogP contribution < -0.4 is 0 Å². The van der Waals surface area contributed by atoms with Crippen LogP contribution in [0.2, 0.25) is 0 Å². The van der Waals surface area contributed by atoms with Crippen molar-refractivity contribution in [1.29, 1.82) is 0 Å². The molecule has 1 unspecified atom stereocenters. The molecule has 0 aliphatic rings. The van der Waals surface area contributed by atoms with E-state index in [-0.39, 0.29) is 16.6 Å². The molecule has 0 saturated heterocycles. The van der Waals surface area contributed by atoms with Crippen molar-refractivity contribution < 1.29 is 17.3 Å². The third kappa shape index (κ3) is 3.15. The van der Waals surface area contributed by atoms with Gasteiger partial charge in [0.05, 0.1) is 22.4 Å². The Morgan fingerprint density at radius 1 is 1.62 bits per heavy atom. The Bertz CT molecular complexity index is 332. The van der Waals surface area contributed by atoms with Crippen LogP contribution >= 0.6 is 15.9 Å². The Balaban J connectivity index is 2.77. The van der Waals surface area contributed by atoms with Crippen LogP contribution in [0.5, 0.6) is 0 Å². The summed E-state index contributed by atoms with van der Waals surface area (Å²) in [5, 5.41) is 0. The minimum atomic E-state index is -2.61. The smallest absolute Gasteiger partial charge is 0.142 e. The first kappa shape index (κ1) is 10.8. The average molecular weight is 268 g/mol. The second-order valence-electron chi connectivity index (χ2n) is 2.18. The minimum absolute atomic E-state index is 0.193. The molecule has 0 radical (unpaired) electrons. The number of hydrogen-bond donors (Lipinski definition) is 0. The van der Waals surface area contributed by atoms with Gasteiger partial charge in [-0.2, -0.15) is 0 Å². The zero-order valence-electron chi connectivity index (χ0n) is 6.33. The topological polar surface area (TPSA) is 49.4 Å². The first-order valence-corrected chi connectivity index (χ1v) is 5.06. The van der Waals surface area contributed by atoms with E-state index in [0.29, 0.717) is 0 Å². The SMILES string of the molecule is O=S([O-])OCc1cccc(Br)c1F. The Labute approximate surface area is 85.5 Å². The van der Waals surface area contributed by atoms with Gasteiger partial charge in [0.2, 0.25) is 0 Å². The van der Waals surface area contributed by atoms with Gasteiger partial charge in [-0.25, -0.2) is 8.60 Å². The summed E-state index contributed by atoms with van der Waals surface area (Å²) in [5.74, 6) is -0.507. The molecule has 3 nitrogen and oxygen atoms in total. The second kappa shape index (κ2) is 4.80.